The first-order valence-corrected chi connectivity index (χ1v) is 11.0. The highest BCUT2D eigenvalue weighted by atomic mass is 32.2. The van der Waals surface area contributed by atoms with Gasteiger partial charge in [-0.25, -0.2) is 8.42 Å². The van der Waals surface area contributed by atoms with Crippen molar-refractivity contribution < 1.29 is 27.8 Å². The average molecular weight is 398 g/mol. The molecule has 1 aromatic carbocycles. The van der Waals surface area contributed by atoms with E-state index in [0.29, 0.717) is 24.4 Å². The number of nitrogens with one attached hydrogen (secondary N) is 2. The maximum atomic E-state index is 12.1. The first-order valence-electron chi connectivity index (χ1n) is 9.12. The van der Waals surface area contributed by atoms with Crippen LogP contribution in [0.25, 0.3) is 0 Å². The molecule has 150 valence electrons. The lowest BCUT2D eigenvalue weighted by Gasteiger charge is -2.37. The van der Waals surface area contributed by atoms with Crippen LogP contribution in [0.4, 0.5) is 5.69 Å². The Morgan fingerprint density at radius 3 is 2.81 bits per heavy atom. The number of rotatable bonds is 7. The molecule has 8 nitrogen and oxygen atoms in total. The Hall–Kier alpha value is -1.84. The molecular formula is C18H26N2O6S. The molecule has 2 aliphatic heterocycles. The summed E-state index contributed by atoms with van der Waals surface area (Å²) in [6.07, 6.45) is 1.52. The first kappa shape index (κ1) is 19.9. The standard InChI is InChI=1S/C18H26N2O6S/c1-3-6-19-17(22)9-12-8-14-13-7-11(20-27(2,23)24)4-5-15(13)26-18(14)16(10-21)25-12/h4-5,7,12,14,16,18,20-21H,3,6,8-10H2,1-2H3,(H,19,22)/t12-,14-,16+,18+/m0/s1. The minimum atomic E-state index is -3.38. The molecule has 0 bridgehead atoms. The van der Waals surface area contributed by atoms with Crippen molar-refractivity contribution >= 4 is 21.6 Å². The molecule has 4 atom stereocenters. The zero-order chi connectivity index (χ0) is 19.6. The zero-order valence-corrected chi connectivity index (χ0v) is 16.3. The van der Waals surface area contributed by atoms with E-state index in [1.807, 2.05) is 6.92 Å². The van der Waals surface area contributed by atoms with Gasteiger partial charge in [-0.05, 0) is 31.0 Å². The predicted octanol–water partition coefficient (Wildman–Crippen LogP) is 0.969. The Bertz CT molecular complexity index is 797. The molecule has 27 heavy (non-hydrogen) atoms. The van der Waals surface area contributed by atoms with E-state index in [0.717, 1.165) is 18.2 Å². The molecule has 0 saturated carbocycles. The van der Waals surface area contributed by atoms with Crippen molar-refractivity contribution in [3.63, 3.8) is 0 Å². The maximum absolute atomic E-state index is 12.1. The molecule has 0 aliphatic carbocycles. The number of aliphatic hydroxyl groups is 1. The Labute approximate surface area is 159 Å². The van der Waals surface area contributed by atoms with Crippen LogP contribution in [0, 0.1) is 0 Å². The summed E-state index contributed by atoms with van der Waals surface area (Å²) < 4.78 is 37.3. The SMILES string of the molecule is CCCNC(=O)C[C@@H]1C[C@H]2c3cc(NS(C)(=O)=O)ccc3O[C@H]2[C@@H](CO)O1. The van der Waals surface area contributed by atoms with Gasteiger partial charge >= 0.3 is 0 Å². The summed E-state index contributed by atoms with van der Waals surface area (Å²) in [5, 5.41) is 12.6. The third-order valence-electron chi connectivity index (χ3n) is 4.79. The summed E-state index contributed by atoms with van der Waals surface area (Å²) >= 11 is 0. The van der Waals surface area contributed by atoms with E-state index in [4.69, 9.17) is 9.47 Å². The first-order chi connectivity index (χ1) is 12.8. The van der Waals surface area contributed by atoms with Gasteiger partial charge in [-0.3, -0.25) is 9.52 Å². The number of hydrogen-bond acceptors (Lipinski definition) is 6. The third-order valence-corrected chi connectivity index (χ3v) is 5.39. The van der Waals surface area contributed by atoms with Crippen molar-refractivity contribution in [1.82, 2.24) is 5.32 Å². The molecule has 1 amide bonds. The van der Waals surface area contributed by atoms with Crippen molar-refractivity contribution in [2.45, 2.75) is 50.4 Å². The molecule has 0 spiro atoms. The fourth-order valence-electron chi connectivity index (χ4n) is 3.71. The number of hydrogen-bond donors (Lipinski definition) is 3. The Morgan fingerprint density at radius 1 is 1.37 bits per heavy atom. The molecule has 1 aromatic rings. The van der Waals surface area contributed by atoms with Gasteiger partial charge in [0.2, 0.25) is 15.9 Å². The predicted molar refractivity (Wildman–Crippen MR) is 100 cm³/mol. The van der Waals surface area contributed by atoms with Gasteiger partial charge < -0.3 is 19.9 Å². The number of amides is 1. The van der Waals surface area contributed by atoms with Crippen molar-refractivity contribution in [2.75, 3.05) is 24.1 Å². The molecule has 0 radical (unpaired) electrons. The Morgan fingerprint density at radius 2 is 2.15 bits per heavy atom. The van der Waals surface area contributed by atoms with Crippen LogP contribution in [0.15, 0.2) is 18.2 Å². The number of benzene rings is 1. The van der Waals surface area contributed by atoms with Gasteiger partial charge in [0.15, 0.2) is 0 Å². The fourth-order valence-corrected chi connectivity index (χ4v) is 4.27. The summed E-state index contributed by atoms with van der Waals surface area (Å²) in [6.45, 7) is 2.39. The lowest BCUT2D eigenvalue weighted by atomic mass is 9.84. The van der Waals surface area contributed by atoms with Crippen LogP contribution in [-0.2, 0) is 19.6 Å². The molecule has 0 unspecified atom stereocenters. The second kappa shape index (κ2) is 8.04. The fraction of sp³-hybridized carbons (Fsp3) is 0.611. The largest absolute Gasteiger partial charge is 0.487 e. The minimum Gasteiger partial charge on any atom is -0.487 e. The van der Waals surface area contributed by atoms with E-state index in [9.17, 15) is 18.3 Å². The van der Waals surface area contributed by atoms with E-state index in [2.05, 4.69) is 10.0 Å². The van der Waals surface area contributed by atoms with Gasteiger partial charge in [-0.1, -0.05) is 6.92 Å². The Kier molecular flexibility index (Phi) is 5.92. The van der Waals surface area contributed by atoms with Gasteiger partial charge in [0, 0.05) is 23.7 Å². The van der Waals surface area contributed by atoms with Crippen molar-refractivity contribution in [3.05, 3.63) is 23.8 Å². The van der Waals surface area contributed by atoms with E-state index in [-0.39, 0.29) is 37.1 Å². The molecule has 3 rings (SSSR count). The number of fused-ring (bicyclic) bond motifs is 3. The normalized spacial score (nSPS) is 26.6. The monoisotopic (exact) mass is 398 g/mol. The number of carbonyl (C=O) groups excluding carboxylic acids is 1. The maximum Gasteiger partial charge on any atom is 0.229 e. The van der Waals surface area contributed by atoms with E-state index < -0.39 is 16.1 Å². The Balaban J connectivity index is 1.79. The minimum absolute atomic E-state index is 0.0730. The second-order valence-corrected chi connectivity index (χ2v) is 8.83. The van der Waals surface area contributed by atoms with Gasteiger partial charge in [-0.15, -0.1) is 0 Å². The third kappa shape index (κ3) is 4.72. The molecule has 1 saturated heterocycles. The topological polar surface area (TPSA) is 114 Å². The highest BCUT2D eigenvalue weighted by Gasteiger charge is 2.46. The average Bonchev–Trinajstić information content (AvgIpc) is 2.96. The van der Waals surface area contributed by atoms with Gasteiger partial charge in [0.25, 0.3) is 0 Å². The van der Waals surface area contributed by atoms with Crippen molar-refractivity contribution in [3.8, 4) is 5.75 Å². The smallest absolute Gasteiger partial charge is 0.229 e. The summed E-state index contributed by atoms with van der Waals surface area (Å²) in [5.41, 5.74) is 1.33. The number of sulfonamides is 1. The molecule has 2 aliphatic rings. The highest BCUT2D eigenvalue weighted by molar-refractivity contribution is 7.92. The van der Waals surface area contributed by atoms with Gasteiger partial charge in [0.05, 0.1) is 25.4 Å². The van der Waals surface area contributed by atoms with Crippen LogP contribution in [-0.4, -0.2) is 57.2 Å². The van der Waals surface area contributed by atoms with E-state index >= 15 is 0 Å². The van der Waals surface area contributed by atoms with Crippen molar-refractivity contribution in [2.24, 2.45) is 0 Å². The molecule has 3 N–H and O–H groups in total. The summed E-state index contributed by atoms with van der Waals surface area (Å²) in [5.74, 6) is 0.502. The highest BCUT2D eigenvalue weighted by Crippen LogP contribution is 2.47. The number of carbonyl (C=O) groups is 1. The number of aliphatic hydroxyl groups excluding tert-OH is 1. The number of anilines is 1. The molecule has 9 heteroatoms. The van der Waals surface area contributed by atoms with Crippen LogP contribution < -0.4 is 14.8 Å². The van der Waals surface area contributed by atoms with Crippen LogP contribution in [0.3, 0.4) is 0 Å². The summed E-state index contributed by atoms with van der Waals surface area (Å²) in [6, 6.07) is 5.12. The molecular weight excluding hydrogens is 372 g/mol. The van der Waals surface area contributed by atoms with Crippen LogP contribution in [0.2, 0.25) is 0 Å². The lowest BCUT2D eigenvalue weighted by molar-refractivity contribution is -0.142. The molecule has 0 aromatic heterocycles. The number of ether oxygens (including phenoxy) is 2. The van der Waals surface area contributed by atoms with Crippen molar-refractivity contribution in [1.29, 1.82) is 0 Å². The lowest BCUT2D eigenvalue weighted by Crippen LogP contribution is -2.47. The second-order valence-electron chi connectivity index (χ2n) is 7.08. The zero-order valence-electron chi connectivity index (χ0n) is 15.5. The van der Waals surface area contributed by atoms with Crippen LogP contribution in [0.5, 0.6) is 5.75 Å². The van der Waals surface area contributed by atoms with E-state index in [1.54, 1.807) is 18.2 Å². The van der Waals surface area contributed by atoms with Gasteiger partial charge in [-0.2, -0.15) is 0 Å². The summed E-state index contributed by atoms with van der Waals surface area (Å²) in [7, 11) is -3.38. The van der Waals surface area contributed by atoms with Crippen LogP contribution >= 0.6 is 0 Å². The quantitative estimate of drug-likeness (QED) is 0.631. The molecule has 1 fully saturated rings. The van der Waals surface area contributed by atoms with Gasteiger partial charge in [0.1, 0.15) is 18.0 Å². The summed E-state index contributed by atoms with van der Waals surface area (Å²) in [4.78, 5) is 12.1. The molecule has 2 heterocycles. The van der Waals surface area contributed by atoms with Crippen LogP contribution in [0.1, 0.15) is 37.7 Å². The van der Waals surface area contributed by atoms with E-state index in [1.165, 1.54) is 0 Å².